The summed E-state index contributed by atoms with van der Waals surface area (Å²) >= 11 is 0. The molecule has 0 amide bonds. The lowest BCUT2D eigenvalue weighted by atomic mass is 10.1. The van der Waals surface area contributed by atoms with E-state index in [1.54, 1.807) is 6.92 Å². The highest BCUT2D eigenvalue weighted by atomic mass is 32.2. The first-order valence-electron chi connectivity index (χ1n) is 3.23. The topological polar surface area (TPSA) is 51.2 Å². The van der Waals surface area contributed by atoms with Crippen molar-refractivity contribution in [3.8, 4) is 0 Å². The zero-order chi connectivity index (χ0) is 7.78. The summed E-state index contributed by atoms with van der Waals surface area (Å²) in [4.78, 5) is 10.2. The molecule has 0 aliphatic carbocycles. The van der Waals surface area contributed by atoms with Crippen molar-refractivity contribution in [3.05, 3.63) is 0 Å². The summed E-state index contributed by atoms with van der Waals surface area (Å²) < 4.78 is 21.9. The third-order valence-corrected chi connectivity index (χ3v) is 4.20. The molecular formula is C6H10O3S. The van der Waals surface area contributed by atoms with E-state index in [2.05, 4.69) is 0 Å². The molecule has 1 aliphatic rings. The van der Waals surface area contributed by atoms with Crippen molar-refractivity contribution in [2.75, 3.05) is 5.75 Å². The van der Waals surface area contributed by atoms with Crippen molar-refractivity contribution in [2.24, 2.45) is 5.92 Å². The van der Waals surface area contributed by atoms with E-state index in [1.807, 2.05) is 0 Å². The fourth-order valence-electron chi connectivity index (χ4n) is 1.20. The van der Waals surface area contributed by atoms with Crippen molar-refractivity contribution in [1.29, 1.82) is 0 Å². The van der Waals surface area contributed by atoms with Gasteiger partial charge >= 0.3 is 0 Å². The molecule has 1 rings (SSSR count). The Balaban J connectivity index is 2.80. The van der Waals surface area contributed by atoms with Crippen LogP contribution in [0.3, 0.4) is 0 Å². The van der Waals surface area contributed by atoms with Crippen LogP contribution in [0.5, 0.6) is 0 Å². The van der Waals surface area contributed by atoms with Gasteiger partial charge in [-0.25, -0.2) is 8.42 Å². The summed E-state index contributed by atoms with van der Waals surface area (Å²) in [6.45, 7) is 1.65. The molecule has 0 aromatic carbocycles. The van der Waals surface area contributed by atoms with Crippen molar-refractivity contribution < 1.29 is 13.2 Å². The van der Waals surface area contributed by atoms with Gasteiger partial charge in [0, 0.05) is 5.92 Å². The molecule has 0 bridgehead atoms. The Kier molecular flexibility index (Phi) is 1.81. The second kappa shape index (κ2) is 2.34. The van der Waals surface area contributed by atoms with Gasteiger partial charge < -0.3 is 4.79 Å². The van der Waals surface area contributed by atoms with Gasteiger partial charge in [0.05, 0.1) is 11.0 Å². The molecule has 1 aliphatic heterocycles. The summed E-state index contributed by atoms with van der Waals surface area (Å²) in [6.07, 6.45) is 1.24. The van der Waals surface area contributed by atoms with E-state index in [9.17, 15) is 13.2 Å². The van der Waals surface area contributed by atoms with Crippen LogP contribution in [0.4, 0.5) is 0 Å². The summed E-state index contributed by atoms with van der Waals surface area (Å²) in [5.41, 5.74) is 0. The van der Waals surface area contributed by atoms with Crippen LogP contribution in [-0.2, 0) is 14.6 Å². The highest BCUT2D eigenvalue weighted by molar-refractivity contribution is 7.92. The maximum absolute atomic E-state index is 11.0. The van der Waals surface area contributed by atoms with Crippen LogP contribution in [0, 0.1) is 5.92 Å². The fourth-order valence-corrected chi connectivity index (χ4v) is 2.88. The van der Waals surface area contributed by atoms with Crippen molar-refractivity contribution in [1.82, 2.24) is 0 Å². The number of hydrogen-bond acceptors (Lipinski definition) is 3. The molecule has 0 aromatic rings. The Morgan fingerprint density at radius 3 is 2.30 bits per heavy atom. The number of sulfone groups is 1. The number of rotatable bonds is 1. The Morgan fingerprint density at radius 1 is 1.50 bits per heavy atom. The minimum absolute atomic E-state index is 0.0532. The average Bonchev–Trinajstić information content (AvgIpc) is 2.08. The van der Waals surface area contributed by atoms with Gasteiger partial charge in [-0.3, -0.25) is 0 Å². The van der Waals surface area contributed by atoms with Crippen molar-refractivity contribution >= 4 is 16.1 Å². The first kappa shape index (κ1) is 7.72. The van der Waals surface area contributed by atoms with Gasteiger partial charge in [-0.2, -0.15) is 0 Å². The molecule has 0 N–H and O–H groups in total. The van der Waals surface area contributed by atoms with Crippen LogP contribution in [0.25, 0.3) is 0 Å². The minimum Gasteiger partial charge on any atom is -0.303 e. The second-order valence-corrected chi connectivity index (χ2v) is 5.24. The summed E-state index contributed by atoms with van der Waals surface area (Å²) in [5, 5.41) is -0.317. The van der Waals surface area contributed by atoms with Gasteiger partial charge in [-0.15, -0.1) is 0 Å². The van der Waals surface area contributed by atoms with Crippen molar-refractivity contribution in [2.45, 2.75) is 18.6 Å². The van der Waals surface area contributed by atoms with Gasteiger partial charge in [-0.1, -0.05) is 0 Å². The average molecular weight is 162 g/mol. The van der Waals surface area contributed by atoms with E-state index in [1.165, 1.54) is 0 Å². The third-order valence-electron chi connectivity index (χ3n) is 1.89. The van der Waals surface area contributed by atoms with Crippen LogP contribution < -0.4 is 0 Å². The van der Waals surface area contributed by atoms with Gasteiger partial charge in [0.15, 0.2) is 9.84 Å². The molecule has 1 fully saturated rings. The van der Waals surface area contributed by atoms with Crippen LogP contribution in [0.15, 0.2) is 0 Å². The van der Waals surface area contributed by atoms with Gasteiger partial charge in [0.25, 0.3) is 0 Å². The maximum atomic E-state index is 11.0. The molecule has 0 aromatic heterocycles. The van der Waals surface area contributed by atoms with Gasteiger partial charge in [-0.05, 0) is 13.3 Å². The standard InChI is InChI=1S/C6H10O3S/c1-5-2-6(3-7)4-10(5,8)9/h3,5-6H,2,4H2,1H3. The predicted octanol–water partition coefficient (Wildman–Crippen LogP) is 0.00850. The van der Waals surface area contributed by atoms with Crippen LogP contribution in [0.2, 0.25) is 0 Å². The summed E-state index contributed by atoms with van der Waals surface area (Å²) in [6, 6.07) is 0. The number of aldehydes is 1. The monoisotopic (exact) mass is 162 g/mol. The lowest BCUT2D eigenvalue weighted by molar-refractivity contribution is -0.110. The second-order valence-electron chi connectivity index (χ2n) is 2.77. The van der Waals surface area contributed by atoms with E-state index in [4.69, 9.17) is 0 Å². The molecule has 10 heavy (non-hydrogen) atoms. The molecule has 2 unspecified atom stereocenters. The Hall–Kier alpha value is -0.380. The van der Waals surface area contributed by atoms with Crippen LogP contribution >= 0.6 is 0 Å². The molecule has 1 heterocycles. The summed E-state index contributed by atoms with van der Waals surface area (Å²) in [7, 11) is -2.92. The van der Waals surface area contributed by atoms with E-state index in [0.717, 1.165) is 6.29 Å². The number of hydrogen-bond donors (Lipinski definition) is 0. The summed E-state index contributed by atoms with van der Waals surface area (Å²) in [5.74, 6) is -0.197. The molecule has 58 valence electrons. The quantitative estimate of drug-likeness (QED) is 0.510. The first-order chi connectivity index (χ1) is 4.56. The third kappa shape index (κ3) is 1.21. The largest absolute Gasteiger partial charge is 0.303 e. The fraction of sp³-hybridized carbons (Fsp3) is 0.833. The first-order valence-corrected chi connectivity index (χ1v) is 4.94. The Labute approximate surface area is 60.3 Å². The van der Waals surface area contributed by atoms with Gasteiger partial charge in [0.1, 0.15) is 6.29 Å². The van der Waals surface area contributed by atoms with Crippen molar-refractivity contribution in [3.63, 3.8) is 0 Å². The highest BCUT2D eigenvalue weighted by Gasteiger charge is 2.34. The normalized spacial score (nSPS) is 37.7. The van der Waals surface area contributed by atoms with Gasteiger partial charge in [0.2, 0.25) is 0 Å². The Morgan fingerprint density at radius 2 is 2.10 bits per heavy atom. The lowest BCUT2D eigenvalue weighted by Crippen LogP contribution is -2.10. The molecule has 3 nitrogen and oxygen atoms in total. The molecule has 0 saturated carbocycles. The van der Waals surface area contributed by atoms with E-state index < -0.39 is 9.84 Å². The minimum atomic E-state index is -2.92. The van der Waals surface area contributed by atoms with E-state index >= 15 is 0 Å². The lowest BCUT2D eigenvalue weighted by Gasteiger charge is -1.96. The van der Waals surface area contributed by atoms with Crippen LogP contribution in [-0.4, -0.2) is 25.7 Å². The number of carbonyl (C=O) groups is 1. The van der Waals surface area contributed by atoms with Crippen LogP contribution in [0.1, 0.15) is 13.3 Å². The van der Waals surface area contributed by atoms with E-state index in [0.29, 0.717) is 6.42 Å². The maximum Gasteiger partial charge on any atom is 0.153 e. The molecular weight excluding hydrogens is 152 g/mol. The highest BCUT2D eigenvalue weighted by Crippen LogP contribution is 2.23. The smallest absolute Gasteiger partial charge is 0.153 e. The molecule has 4 heteroatoms. The predicted molar refractivity (Wildman–Crippen MR) is 37.4 cm³/mol. The SMILES string of the molecule is CC1CC(C=O)CS1(=O)=O. The molecule has 2 atom stereocenters. The zero-order valence-corrected chi connectivity index (χ0v) is 6.60. The Bertz CT molecular complexity index is 229. The van der Waals surface area contributed by atoms with E-state index in [-0.39, 0.29) is 16.9 Å². The molecule has 0 spiro atoms. The molecule has 0 radical (unpaired) electrons. The zero-order valence-electron chi connectivity index (χ0n) is 5.78. The molecule has 1 saturated heterocycles. The number of carbonyl (C=O) groups excluding carboxylic acids is 1.